The molecule has 0 aromatic heterocycles. The van der Waals surface area contributed by atoms with E-state index in [0.717, 1.165) is 44.5 Å². The number of hydrogen-bond acceptors (Lipinski definition) is 3. The van der Waals surface area contributed by atoms with Crippen molar-refractivity contribution >= 4 is 11.9 Å². The van der Waals surface area contributed by atoms with Crippen LogP contribution in [0.15, 0.2) is 24.3 Å². The number of hydrogen-bond donors (Lipinski definition) is 1. The first kappa shape index (κ1) is 26.0. The van der Waals surface area contributed by atoms with Crippen molar-refractivity contribution in [1.29, 1.82) is 0 Å². The van der Waals surface area contributed by atoms with Crippen molar-refractivity contribution in [3.8, 4) is 11.1 Å². The molecule has 184 valence electrons. The molecule has 34 heavy (non-hydrogen) atoms. The monoisotopic (exact) mass is 465 g/mol. The number of carboxylic acids is 1. The maximum Gasteiger partial charge on any atom is 0.337 e. The molecule has 1 aliphatic heterocycles. The number of carbonyl (C=O) groups excluding carboxylic acids is 1. The van der Waals surface area contributed by atoms with Gasteiger partial charge < -0.3 is 14.7 Å². The highest BCUT2D eigenvalue weighted by Gasteiger charge is 2.36. The van der Waals surface area contributed by atoms with Gasteiger partial charge in [0.25, 0.3) is 0 Å². The summed E-state index contributed by atoms with van der Waals surface area (Å²) in [5.41, 5.74) is 6.90. The van der Waals surface area contributed by atoms with Crippen LogP contribution in [0.5, 0.6) is 0 Å². The molecule has 1 atom stereocenters. The Labute approximate surface area is 204 Å². The Morgan fingerprint density at radius 1 is 0.941 bits per heavy atom. The minimum atomic E-state index is -1.09. The smallest absolute Gasteiger partial charge is 0.337 e. The number of rotatable bonds is 4. The highest BCUT2D eigenvalue weighted by molar-refractivity contribution is 5.85. The van der Waals surface area contributed by atoms with Crippen LogP contribution >= 0.6 is 0 Å². The van der Waals surface area contributed by atoms with Gasteiger partial charge in [-0.15, -0.1) is 0 Å². The van der Waals surface area contributed by atoms with Crippen LogP contribution in [0, 0.1) is 26.2 Å². The summed E-state index contributed by atoms with van der Waals surface area (Å²) in [6.07, 6.45) is -0.387. The lowest BCUT2D eigenvalue weighted by atomic mass is 9.79. The van der Waals surface area contributed by atoms with Crippen molar-refractivity contribution in [1.82, 2.24) is 4.90 Å². The summed E-state index contributed by atoms with van der Waals surface area (Å²) in [6, 6.07) is 8.18. The second-order valence-electron chi connectivity index (χ2n) is 11.5. The number of fused-ring (bicyclic) bond motifs is 1. The van der Waals surface area contributed by atoms with Crippen molar-refractivity contribution < 1.29 is 19.4 Å². The van der Waals surface area contributed by atoms with Crippen LogP contribution in [0.4, 0.5) is 0 Å². The molecule has 0 saturated carbocycles. The predicted octanol–water partition coefficient (Wildman–Crippen LogP) is 6.15. The van der Waals surface area contributed by atoms with Crippen molar-refractivity contribution in [2.75, 3.05) is 6.54 Å². The van der Waals surface area contributed by atoms with E-state index in [9.17, 15) is 14.7 Å². The van der Waals surface area contributed by atoms with Gasteiger partial charge in [0.2, 0.25) is 5.91 Å². The third kappa shape index (κ3) is 5.20. The number of benzene rings is 2. The van der Waals surface area contributed by atoms with E-state index in [-0.39, 0.29) is 5.91 Å². The topological polar surface area (TPSA) is 66.8 Å². The van der Waals surface area contributed by atoms with E-state index in [1.807, 2.05) is 84.6 Å². The Hall–Kier alpha value is -2.66. The quantitative estimate of drug-likeness (QED) is 0.588. The molecule has 0 spiro atoms. The molecule has 0 aliphatic carbocycles. The molecule has 0 radical (unpaired) electrons. The number of nitrogens with zero attached hydrogens (tertiary/aromatic N) is 1. The summed E-state index contributed by atoms with van der Waals surface area (Å²) in [5.74, 6) is -0.860. The Morgan fingerprint density at radius 3 is 2.03 bits per heavy atom. The number of carboxylic acid groups (broad SMARTS) is 1. The van der Waals surface area contributed by atoms with Gasteiger partial charge in [0.15, 0.2) is 6.10 Å². The maximum atomic E-state index is 13.1. The van der Waals surface area contributed by atoms with Gasteiger partial charge in [-0.2, -0.15) is 0 Å². The summed E-state index contributed by atoms with van der Waals surface area (Å²) >= 11 is 0. The number of amides is 1. The fourth-order valence-corrected chi connectivity index (χ4v) is 4.88. The summed E-state index contributed by atoms with van der Waals surface area (Å²) in [6.45, 7) is 18.8. The largest absolute Gasteiger partial charge is 0.479 e. The first-order valence-corrected chi connectivity index (χ1v) is 12.0. The van der Waals surface area contributed by atoms with Crippen LogP contribution in [-0.2, 0) is 27.3 Å². The Morgan fingerprint density at radius 2 is 1.53 bits per heavy atom. The average Bonchev–Trinajstić information content (AvgIpc) is 2.73. The molecule has 5 nitrogen and oxygen atoms in total. The molecular formula is C29H39NO4. The fraction of sp³-hybridized carbons (Fsp3) is 0.517. The van der Waals surface area contributed by atoms with E-state index in [0.29, 0.717) is 19.5 Å². The Kier molecular flexibility index (Phi) is 7.01. The minimum absolute atomic E-state index is 0.135. The number of carbonyl (C=O) groups is 2. The lowest BCUT2D eigenvalue weighted by molar-refractivity contribution is -0.160. The van der Waals surface area contributed by atoms with Crippen LogP contribution in [0.2, 0.25) is 0 Å². The third-order valence-corrected chi connectivity index (χ3v) is 6.53. The zero-order valence-electron chi connectivity index (χ0n) is 22.1. The fourth-order valence-electron chi connectivity index (χ4n) is 4.88. The van der Waals surface area contributed by atoms with E-state index in [4.69, 9.17) is 4.74 Å². The summed E-state index contributed by atoms with van der Waals surface area (Å²) < 4.78 is 6.14. The molecule has 0 fully saturated rings. The summed E-state index contributed by atoms with van der Waals surface area (Å²) in [5, 5.41) is 10.3. The van der Waals surface area contributed by atoms with Gasteiger partial charge in [0, 0.05) is 24.1 Å². The number of aliphatic carboxylic acids is 1. The predicted molar refractivity (Wildman–Crippen MR) is 136 cm³/mol. The number of ether oxygens (including phenoxy) is 1. The molecule has 1 N–H and O–H groups in total. The molecule has 3 rings (SSSR count). The van der Waals surface area contributed by atoms with Crippen LogP contribution in [-0.4, -0.2) is 34.0 Å². The van der Waals surface area contributed by atoms with Gasteiger partial charge in [-0.25, -0.2) is 4.79 Å². The van der Waals surface area contributed by atoms with E-state index >= 15 is 0 Å². The van der Waals surface area contributed by atoms with E-state index in [2.05, 4.69) is 6.92 Å². The van der Waals surface area contributed by atoms with Crippen molar-refractivity contribution in [3.63, 3.8) is 0 Å². The first-order valence-electron chi connectivity index (χ1n) is 12.0. The Bertz CT molecular complexity index is 1100. The molecule has 1 aliphatic rings. The van der Waals surface area contributed by atoms with Crippen molar-refractivity contribution in [3.05, 3.63) is 57.6 Å². The van der Waals surface area contributed by atoms with Crippen molar-refractivity contribution in [2.45, 2.75) is 87.0 Å². The number of aryl methyl sites for hydroxylation is 1. The lowest BCUT2D eigenvalue weighted by Crippen LogP contribution is -2.43. The van der Waals surface area contributed by atoms with Gasteiger partial charge >= 0.3 is 5.97 Å². The van der Waals surface area contributed by atoms with Crippen molar-refractivity contribution in [2.24, 2.45) is 5.41 Å². The average molecular weight is 466 g/mol. The standard InChI is InChI=1S/C29H39NO4/c1-17-10-12-20(13-11-17)23-19(3)22-16-30(27(33)28(4,5)6)15-14-21(22)18(2)24(23)25(26(31)32)34-29(7,8)9/h10-13,25H,14-16H2,1-9H3,(H,31,32). The SMILES string of the molecule is Cc1ccc(-c2c(C)c3c(c(C)c2C(OC(C)(C)C)C(=O)O)CCN(C(=O)C(C)(C)C)C3)cc1. The Balaban J connectivity index is 2.29. The van der Waals surface area contributed by atoms with Crippen LogP contribution in [0.3, 0.4) is 0 Å². The molecule has 5 heteroatoms. The highest BCUT2D eigenvalue weighted by Crippen LogP contribution is 2.43. The van der Waals surface area contributed by atoms with E-state index in [1.165, 1.54) is 0 Å². The third-order valence-electron chi connectivity index (χ3n) is 6.53. The highest BCUT2D eigenvalue weighted by atomic mass is 16.5. The molecule has 2 aromatic carbocycles. The second kappa shape index (κ2) is 9.18. The molecule has 1 heterocycles. The molecule has 1 amide bonds. The van der Waals surface area contributed by atoms with Gasteiger partial charge in [-0.1, -0.05) is 50.6 Å². The molecule has 2 aromatic rings. The second-order valence-corrected chi connectivity index (χ2v) is 11.5. The van der Waals surface area contributed by atoms with E-state index in [1.54, 1.807) is 0 Å². The van der Waals surface area contributed by atoms with Crippen LogP contribution in [0.25, 0.3) is 11.1 Å². The van der Waals surface area contributed by atoms with E-state index < -0.39 is 23.1 Å². The van der Waals surface area contributed by atoms with Gasteiger partial charge in [-0.3, -0.25) is 4.79 Å². The summed E-state index contributed by atoms with van der Waals surface area (Å²) in [7, 11) is 0. The first-order chi connectivity index (χ1) is 15.6. The molecular weight excluding hydrogens is 426 g/mol. The van der Waals surface area contributed by atoms with Crippen LogP contribution in [0.1, 0.15) is 81.0 Å². The zero-order chi connectivity index (χ0) is 25.6. The minimum Gasteiger partial charge on any atom is -0.479 e. The van der Waals surface area contributed by atoms with Crippen LogP contribution < -0.4 is 0 Å². The van der Waals surface area contributed by atoms with Gasteiger partial charge in [-0.05, 0) is 81.3 Å². The molecule has 0 bridgehead atoms. The zero-order valence-corrected chi connectivity index (χ0v) is 22.1. The van der Waals surface area contributed by atoms with Gasteiger partial charge in [0.1, 0.15) is 0 Å². The lowest BCUT2D eigenvalue weighted by Gasteiger charge is -2.37. The molecule has 1 unspecified atom stereocenters. The maximum absolute atomic E-state index is 13.1. The molecule has 0 saturated heterocycles. The normalized spacial score (nSPS) is 15.1. The van der Waals surface area contributed by atoms with Gasteiger partial charge in [0.05, 0.1) is 5.60 Å². The summed E-state index contributed by atoms with van der Waals surface area (Å²) in [4.78, 5) is 27.5.